The van der Waals surface area contributed by atoms with E-state index in [2.05, 4.69) is 22.1 Å². The standard InChI is InChI=1S/C37H34NO.C13H12N.Ir/c1-23-19-32(24(2)18-31(23)27-16-14-26(15-17-27)21-37(4,5)6)33-20-34(38-22-25(33)3)30-12-9-11-29-28-10-7-8-13-35(28)39-36(29)30;1-10-3-6-12(7-4-10)13-8-5-11(2)9-14-13;/h7-11,13-20,22H,21H2,1-6H3;3-6,8-9H,1-2H3;/q2*-1;/i1D3,2D3,3D3,21D2;1D3,2D3;. The van der Waals surface area contributed by atoms with E-state index in [1.54, 1.807) is 63.2 Å². The van der Waals surface area contributed by atoms with Gasteiger partial charge in [0, 0.05) is 61.2 Å². The molecule has 273 valence electrons. The molecule has 0 aliphatic carbocycles. The first-order valence-corrected chi connectivity index (χ1v) is 16.9. The second kappa shape index (κ2) is 16.1. The first-order valence-electron chi connectivity index (χ1n) is 25.4. The van der Waals surface area contributed by atoms with E-state index in [1.165, 1.54) is 48.8 Å². The quantitative estimate of drug-likeness (QED) is 0.162. The summed E-state index contributed by atoms with van der Waals surface area (Å²) in [6.45, 7) is -7.26. The molecule has 0 unspecified atom stereocenters. The van der Waals surface area contributed by atoms with Crippen molar-refractivity contribution in [2.75, 3.05) is 0 Å². The van der Waals surface area contributed by atoms with Crippen LogP contribution in [0.3, 0.4) is 0 Å². The van der Waals surface area contributed by atoms with Crippen LogP contribution in [0.1, 0.15) is 77.5 Å². The Labute approximate surface area is 357 Å². The summed E-state index contributed by atoms with van der Waals surface area (Å²) in [6.07, 6.45) is 0.760. The zero-order chi connectivity index (χ0) is 51.6. The Morgan fingerprint density at radius 2 is 1.39 bits per heavy atom. The maximum Gasteiger partial charge on any atom is 0.120 e. The summed E-state index contributed by atoms with van der Waals surface area (Å²) in [5.41, 5.74) is 2.71. The monoisotopic (exact) mass is 900 g/mol. The summed E-state index contributed by atoms with van der Waals surface area (Å²) in [5.74, 6) is 0. The molecular weight excluding hydrogens is 837 g/mol. The number of pyridine rings is 2. The smallest absolute Gasteiger partial charge is 0.120 e. The van der Waals surface area contributed by atoms with E-state index in [-0.39, 0.29) is 70.3 Å². The van der Waals surface area contributed by atoms with Crippen LogP contribution in [0.4, 0.5) is 0 Å². The van der Waals surface area contributed by atoms with Crippen LogP contribution >= 0.6 is 0 Å². The topological polar surface area (TPSA) is 38.9 Å². The molecule has 54 heavy (non-hydrogen) atoms. The predicted octanol–water partition coefficient (Wildman–Crippen LogP) is 13.5. The number of fused-ring (bicyclic) bond motifs is 3. The van der Waals surface area contributed by atoms with Crippen molar-refractivity contribution in [3.63, 3.8) is 0 Å². The molecule has 0 fully saturated rings. The number of para-hydroxylation sites is 1. The maximum absolute atomic E-state index is 8.64. The minimum Gasteiger partial charge on any atom is -0.501 e. The van der Waals surface area contributed by atoms with Crippen LogP contribution in [0.5, 0.6) is 0 Å². The van der Waals surface area contributed by atoms with E-state index in [0.717, 1.165) is 10.8 Å². The minimum absolute atomic E-state index is 0. The first-order chi connectivity index (χ1) is 32.3. The average Bonchev–Trinajstić information content (AvgIpc) is 3.66. The molecule has 0 atom stereocenters. The molecule has 3 nitrogen and oxygen atoms in total. The largest absolute Gasteiger partial charge is 0.501 e. The zero-order valence-electron chi connectivity index (χ0n) is 46.7. The second-order valence-corrected chi connectivity index (χ2v) is 13.6. The summed E-state index contributed by atoms with van der Waals surface area (Å²) in [7, 11) is 0. The van der Waals surface area contributed by atoms with Crippen LogP contribution in [-0.4, -0.2) is 9.97 Å². The Morgan fingerprint density at radius 1 is 0.667 bits per heavy atom. The van der Waals surface area contributed by atoms with Crippen molar-refractivity contribution in [3.05, 3.63) is 167 Å². The summed E-state index contributed by atoms with van der Waals surface area (Å²) in [5, 5.41) is 1.65. The molecule has 0 amide bonds. The molecule has 3 heterocycles. The van der Waals surface area contributed by atoms with Gasteiger partial charge in [0.1, 0.15) is 5.58 Å². The van der Waals surface area contributed by atoms with E-state index >= 15 is 0 Å². The third kappa shape index (κ3) is 8.47. The molecule has 1 radical (unpaired) electrons. The molecule has 0 aliphatic rings. The molecule has 0 saturated heterocycles. The Morgan fingerprint density at radius 3 is 2.09 bits per heavy atom. The first kappa shape index (κ1) is 22.3. The molecule has 0 saturated carbocycles. The Hall–Kier alpha value is -5.15. The number of nitrogens with zero attached hydrogens (tertiary/aromatic N) is 2. The number of aromatic nitrogens is 2. The molecular formula is C50H46IrN2O-2. The minimum atomic E-state index is -2.79. The molecule has 5 aromatic carbocycles. The van der Waals surface area contributed by atoms with E-state index in [0.29, 0.717) is 39.1 Å². The third-order valence-corrected chi connectivity index (χ3v) is 8.51. The van der Waals surface area contributed by atoms with Gasteiger partial charge in [0.15, 0.2) is 0 Å². The van der Waals surface area contributed by atoms with Gasteiger partial charge in [-0.1, -0.05) is 111 Å². The summed E-state index contributed by atoms with van der Waals surface area (Å²) in [4.78, 5) is 8.54. The Balaban J connectivity index is 0.000000329. The number of hydrogen-bond donors (Lipinski definition) is 0. The van der Waals surface area contributed by atoms with Gasteiger partial charge < -0.3 is 14.4 Å². The van der Waals surface area contributed by atoms with Crippen molar-refractivity contribution < 1.29 is 47.8 Å². The number of hydrogen-bond acceptors (Lipinski definition) is 3. The Bertz CT molecular complexity index is 3120. The number of furan rings is 1. The molecule has 0 aliphatic heterocycles. The molecule has 0 spiro atoms. The van der Waals surface area contributed by atoms with Crippen molar-refractivity contribution in [1.29, 1.82) is 0 Å². The average molecular weight is 900 g/mol. The second-order valence-electron chi connectivity index (χ2n) is 13.6. The van der Waals surface area contributed by atoms with Gasteiger partial charge >= 0.3 is 0 Å². The molecule has 3 aromatic heterocycles. The zero-order valence-corrected chi connectivity index (χ0v) is 32.1. The SMILES string of the molecule is [2H]C([2H])([2H])c1c[c-]c(-c2ccc(C([2H])([2H])[2H])cn2)cc1.[2H]C([2H])([2H])c1cc(-c2cc(-c3[c-]ccc4c3oc3ccccc34)ncc2C([2H])([2H])[2H])c(C([2H])([2H])[2H])cc1-c1ccc(C([2H])([2H])C(C)(C)C)cc1.[Ir]. The van der Waals surface area contributed by atoms with Crippen molar-refractivity contribution >= 4 is 21.9 Å². The van der Waals surface area contributed by atoms with Crippen LogP contribution in [0, 0.1) is 51.8 Å². The van der Waals surface area contributed by atoms with Crippen LogP contribution in [0.15, 0.2) is 126 Å². The van der Waals surface area contributed by atoms with Gasteiger partial charge in [-0.2, -0.15) is 0 Å². The molecule has 0 N–H and O–H groups in total. The summed E-state index contributed by atoms with van der Waals surface area (Å²) >= 11 is 0. The fraction of sp³-hybridized carbons (Fsp3) is 0.200. The van der Waals surface area contributed by atoms with Crippen molar-refractivity contribution in [2.45, 2.75) is 61.4 Å². The fourth-order valence-electron chi connectivity index (χ4n) is 6.06. The van der Waals surface area contributed by atoms with Gasteiger partial charge in [-0.05, 0) is 107 Å². The van der Waals surface area contributed by atoms with Crippen LogP contribution in [0.25, 0.3) is 66.7 Å². The van der Waals surface area contributed by atoms with Crippen molar-refractivity contribution in [3.8, 4) is 44.8 Å². The summed E-state index contributed by atoms with van der Waals surface area (Å²) in [6, 6.07) is 34.9. The summed E-state index contributed by atoms with van der Waals surface area (Å²) < 4.78 is 143. The van der Waals surface area contributed by atoms with Crippen molar-refractivity contribution in [2.24, 2.45) is 5.41 Å². The van der Waals surface area contributed by atoms with E-state index < -0.39 is 46.0 Å². The van der Waals surface area contributed by atoms with Gasteiger partial charge in [-0.25, -0.2) is 0 Å². The van der Waals surface area contributed by atoms with E-state index in [4.69, 9.17) is 27.7 Å². The third-order valence-electron chi connectivity index (χ3n) is 8.51. The Kier molecular flexibility index (Phi) is 6.63. The molecule has 8 aromatic rings. The predicted molar refractivity (Wildman–Crippen MR) is 222 cm³/mol. The van der Waals surface area contributed by atoms with Crippen molar-refractivity contribution in [1.82, 2.24) is 9.97 Å². The van der Waals surface area contributed by atoms with Gasteiger partial charge in [0.05, 0.1) is 5.58 Å². The van der Waals surface area contributed by atoms with Crippen LogP contribution in [0.2, 0.25) is 0 Å². The van der Waals surface area contributed by atoms with Crippen LogP contribution < -0.4 is 0 Å². The molecule has 8 rings (SSSR count). The van der Waals surface area contributed by atoms with Gasteiger partial charge in [0.25, 0.3) is 0 Å². The van der Waals surface area contributed by atoms with Gasteiger partial charge in [-0.15, -0.1) is 53.6 Å². The number of benzene rings is 5. The number of aryl methyl sites for hydroxylation is 5. The number of rotatable bonds is 5. The van der Waals surface area contributed by atoms with Crippen LogP contribution in [-0.2, 0) is 26.5 Å². The molecule has 0 bridgehead atoms. The molecule has 4 heteroatoms. The van der Waals surface area contributed by atoms with E-state index in [9.17, 15) is 0 Å². The fourth-order valence-corrected chi connectivity index (χ4v) is 6.06. The van der Waals surface area contributed by atoms with E-state index in [1.807, 2.05) is 30.3 Å². The normalized spacial score (nSPS) is 17.4. The maximum atomic E-state index is 8.64. The van der Waals surface area contributed by atoms with Gasteiger partial charge in [0.2, 0.25) is 0 Å². The van der Waals surface area contributed by atoms with Gasteiger partial charge in [-0.3, -0.25) is 0 Å².